The second-order valence-corrected chi connectivity index (χ2v) is 6.24. The van der Waals surface area contributed by atoms with E-state index in [1.165, 1.54) is 12.8 Å². The molecule has 1 unspecified atom stereocenters. The summed E-state index contributed by atoms with van der Waals surface area (Å²) in [6.45, 7) is 7.69. The highest BCUT2D eigenvalue weighted by atomic mass is 16.6. The van der Waals surface area contributed by atoms with Crippen molar-refractivity contribution in [3.63, 3.8) is 0 Å². The Labute approximate surface area is 85.6 Å². The summed E-state index contributed by atoms with van der Waals surface area (Å²) in [5, 5.41) is 10.8. The Morgan fingerprint density at radius 3 is 2.29 bits per heavy atom. The fourth-order valence-corrected chi connectivity index (χ4v) is 4.14. The predicted molar refractivity (Wildman–Crippen MR) is 53.9 cm³/mol. The number of epoxide rings is 1. The summed E-state index contributed by atoms with van der Waals surface area (Å²) in [7, 11) is 0. The van der Waals surface area contributed by atoms with Crippen molar-refractivity contribution in [2.24, 2.45) is 16.7 Å². The third-order valence-electron chi connectivity index (χ3n) is 5.81. The van der Waals surface area contributed by atoms with Gasteiger partial charge in [-0.2, -0.15) is 0 Å². The standard InChI is InChI=1S/C12H20O2/c1-10(2)8-4-5-11(10,3)12(13,6-8)9-7-14-9/h8-9,13H,4-7H2,1-3H3/t8-,9?,11-,12-/m1/s1. The highest BCUT2D eigenvalue weighted by Crippen LogP contribution is 2.71. The summed E-state index contributed by atoms with van der Waals surface area (Å²) in [6.07, 6.45) is 3.55. The number of aliphatic hydroxyl groups is 1. The van der Waals surface area contributed by atoms with E-state index in [4.69, 9.17) is 4.74 Å². The molecule has 3 aliphatic rings. The summed E-state index contributed by atoms with van der Waals surface area (Å²) >= 11 is 0. The summed E-state index contributed by atoms with van der Waals surface area (Å²) in [4.78, 5) is 0. The molecule has 0 amide bonds. The van der Waals surface area contributed by atoms with Gasteiger partial charge in [-0.15, -0.1) is 0 Å². The monoisotopic (exact) mass is 196 g/mol. The molecule has 1 saturated heterocycles. The SMILES string of the molecule is CC1(C)[C@@H]2CC[C@@]1(C)[C@](O)(C1CO1)C2. The van der Waals surface area contributed by atoms with Gasteiger partial charge in [0.05, 0.1) is 12.2 Å². The third kappa shape index (κ3) is 0.737. The van der Waals surface area contributed by atoms with Crippen LogP contribution in [0.5, 0.6) is 0 Å². The topological polar surface area (TPSA) is 32.8 Å². The maximum absolute atomic E-state index is 10.8. The van der Waals surface area contributed by atoms with Crippen LogP contribution < -0.4 is 0 Å². The number of hydrogen-bond acceptors (Lipinski definition) is 2. The van der Waals surface area contributed by atoms with Crippen molar-refractivity contribution >= 4 is 0 Å². The van der Waals surface area contributed by atoms with Crippen LogP contribution >= 0.6 is 0 Å². The Bertz CT molecular complexity index is 282. The van der Waals surface area contributed by atoms with Gasteiger partial charge in [0.25, 0.3) is 0 Å². The fourth-order valence-electron chi connectivity index (χ4n) is 4.14. The maximum atomic E-state index is 10.8. The molecule has 1 aliphatic heterocycles. The number of ether oxygens (including phenoxy) is 1. The van der Waals surface area contributed by atoms with Crippen molar-refractivity contribution in [3.05, 3.63) is 0 Å². The predicted octanol–water partition coefficient (Wildman–Crippen LogP) is 1.96. The smallest absolute Gasteiger partial charge is 0.110 e. The lowest BCUT2D eigenvalue weighted by molar-refractivity contribution is -0.105. The van der Waals surface area contributed by atoms with Crippen LogP contribution in [0.25, 0.3) is 0 Å². The van der Waals surface area contributed by atoms with E-state index in [1.807, 2.05) is 0 Å². The van der Waals surface area contributed by atoms with Crippen LogP contribution in [0.1, 0.15) is 40.0 Å². The lowest BCUT2D eigenvalue weighted by Gasteiger charge is -2.44. The van der Waals surface area contributed by atoms with Crippen LogP contribution in [0.15, 0.2) is 0 Å². The van der Waals surface area contributed by atoms with E-state index in [0.29, 0.717) is 5.92 Å². The first-order chi connectivity index (χ1) is 6.42. The van der Waals surface area contributed by atoms with Crippen molar-refractivity contribution in [2.75, 3.05) is 6.61 Å². The Balaban J connectivity index is 2.06. The Morgan fingerprint density at radius 1 is 1.29 bits per heavy atom. The fraction of sp³-hybridized carbons (Fsp3) is 1.00. The zero-order valence-corrected chi connectivity index (χ0v) is 9.34. The van der Waals surface area contributed by atoms with E-state index >= 15 is 0 Å². The van der Waals surface area contributed by atoms with Crippen LogP contribution in [0.4, 0.5) is 0 Å². The minimum Gasteiger partial charge on any atom is -0.386 e. The lowest BCUT2D eigenvalue weighted by atomic mass is 9.63. The summed E-state index contributed by atoms with van der Waals surface area (Å²) in [5.41, 5.74) is -0.168. The summed E-state index contributed by atoms with van der Waals surface area (Å²) < 4.78 is 5.36. The van der Waals surface area contributed by atoms with Crippen molar-refractivity contribution < 1.29 is 9.84 Å². The molecule has 2 nitrogen and oxygen atoms in total. The molecule has 3 rings (SSSR count). The van der Waals surface area contributed by atoms with E-state index in [1.54, 1.807) is 0 Å². The Hall–Kier alpha value is -0.0800. The molecule has 0 spiro atoms. The van der Waals surface area contributed by atoms with E-state index in [2.05, 4.69) is 20.8 Å². The molecule has 1 N–H and O–H groups in total. The molecule has 1 heterocycles. The van der Waals surface area contributed by atoms with Gasteiger partial charge < -0.3 is 9.84 Å². The van der Waals surface area contributed by atoms with Crippen molar-refractivity contribution in [1.82, 2.24) is 0 Å². The average Bonchev–Trinajstić information content (AvgIpc) is 2.87. The number of fused-ring (bicyclic) bond motifs is 2. The van der Waals surface area contributed by atoms with Gasteiger partial charge in [-0.05, 0) is 30.6 Å². The van der Waals surface area contributed by atoms with Gasteiger partial charge in [0.1, 0.15) is 6.10 Å². The molecule has 14 heavy (non-hydrogen) atoms. The van der Waals surface area contributed by atoms with E-state index in [0.717, 1.165) is 13.0 Å². The third-order valence-corrected chi connectivity index (χ3v) is 5.81. The molecule has 0 aromatic heterocycles. The highest BCUT2D eigenvalue weighted by Gasteiger charge is 2.72. The molecule has 4 atom stereocenters. The second-order valence-electron chi connectivity index (χ2n) is 6.24. The molecule has 0 aromatic rings. The molecule has 2 aliphatic carbocycles. The minimum absolute atomic E-state index is 0.0752. The van der Waals surface area contributed by atoms with Gasteiger partial charge in [0.2, 0.25) is 0 Å². The Morgan fingerprint density at radius 2 is 1.93 bits per heavy atom. The van der Waals surface area contributed by atoms with Crippen molar-refractivity contribution in [2.45, 2.75) is 51.7 Å². The van der Waals surface area contributed by atoms with Gasteiger partial charge in [-0.1, -0.05) is 20.8 Å². The van der Waals surface area contributed by atoms with Crippen LogP contribution in [0, 0.1) is 16.7 Å². The van der Waals surface area contributed by atoms with Crippen LogP contribution in [-0.2, 0) is 4.74 Å². The van der Waals surface area contributed by atoms with E-state index < -0.39 is 5.60 Å². The molecular formula is C12H20O2. The zero-order chi connectivity index (χ0) is 10.2. The molecule has 2 bridgehead atoms. The molecule has 0 aromatic carbocycles. The first kappa shape index (κ1) is 9.17. The molecular weight excluding hydrogens is 176 g/mol. The maximum Gasteiger partial charge on any atom is 0.110 e. The molecule has 3 fully saturated rings. The van der Waals surface area contributed by atoms with Crippen molar-refractivity contribution in [3.8, 4) is 0 Å². The van der Waals surface area contributed by atoms with Crippen LogP contribution in [0.2, 0.25) is 0 Å². The molecule has 2 heteroatoms. The number of rotatable bonds is 1. The molecule has 2 saturated carbocycles. The van der Waals surface area contributed by atoms with Crippen LogP contribution in [0.3, 0.4) is 0 Å². The molecule has 0 radical (unpaired) electrons. The average molecular weight is 196 g/mol. The van der Waals surface area contributed by atoms with E-state index in [9.17, 15) is 5.11 Å². The summed E-state index contributed by atoms with van der Waals surface area (Å²) in [6, 6.07) is 0. The first-order valence-electron chi connectivity index (χ1n) is 5.76. The van der Waals surface area contributed by atoms with Gasteiger partial charge in [-0.3, -0.25) is 0 Å². The van der Waals surface area contributed by atoms with Gasteiger partial charge in [-0.25, -0.2) is 0 Å². The Kier molecular flexibility index (Phi) is 1.44. The molecule has 80 valence electrons. The summed E-state index contributed by atoms with van der Waals surface area (Å²) in [5.74, 6) is 0.696. The second kappa shape index (κ2) is 2.19. The lowest BCUT2D eigenvalue weighted by Crippen LogP contribution is -2.51. The van der Waals surface area contributed by atoms with Crippen molar-refractivity contribution in [1.29, 1.82) is 0 Å². The highest BCUT2D eigenvalue weighted by molar-refractivity contribution is 5.21. The van der Waals surface area contributed by atoms with Gasteiger partial charge in [0.15, 0.2) is 0 Å². The largest absolute Gasteiger partial charge is 0.386 e. The van der Waals surface area contributed by atoms with E-state index in [-0.39, 0.29) is 16.9 Å². The van der Waals surface area contributed by atoms with Crippen LogP contribution in [-0.4, -0.2) is 23.4 Å². The van der Waals surface area contributed by atoms with Gasteiger partial charge >= 0.3 is 0 Å². The van der Waals surface area contributed by atoms with Gasteiger partial charge in [0, 0.05) is 5.41 Å². The number of hydrogen-bond donors (Lipinski definition) is 1. The quantitative estimate of drug-likeness (QED) is 0.650. The minimum atomic E-state index is -0.528. The normalized spacial score (nSPS) is 59.1. The zero-order valence-electron chi connectivity index (χ0n) is 9.34. The first-order valence-corrected chi connectivity index (χ1v) is 5.76.